The second-order valence-corrected chi connectivity index (χ2v) is 3.35. The third-order valence-electron chi connectivity index (χ3n) is 1.50. The van der Waals surface area contributed by atoms with Crippen molar-refractivity contribution in [2.24, 2.45) is 0 Å². The summed E-state index contributed by atoms with van der Waals surface area (Å²) in [6.07, 6.45) is 5.18. The molecule has 0 bridgehead atoms. The van der Waals surface area contributed by atoms with Gasteiger partial charge in [-0.25, -0.2) is 0 Å². The Hall–Kier alpha value is -1.35. The fourth-order valence-electron chi connectivity index (χ4n) is 0.843. The van der Waals surface area contributed by atoms with Gasteiger partial charge in [0, 0.05) is 0 Å². The van der Waals surface area contributed by atoms with Gasteiger partial charge in [0.1, 0.15) is 0 Å². The van der Waals surface area contributed by atoms with E-state index >= 15 is 0 Å². The molecule has 0 radical (unpaired) electrons. The van der Waals surface area contributed by atoms with E-state index in [4.69, 9.17) is 6.42 Å². The molecule has 0 heterocycles. The monoisotopic (exact) mass is 185 g/mol. The molecule has 0 saturated carbocycles. The van der Waals surface area contributed by atoms with Gasteiger partial charge in [-0.3, -0.25) is 0 Å². The van der Waals surface area contributed by atoms with Crippen LogP contribution >= 0.6 is 0 Å². The van der Waals surface area contributed by atoms with Gasteiger partial charge in [0.05, 0.1) is 0 Å². The molecule has 2 nitrogen and oxygen atoms in total. The van der Waals surface area contributed by atoms with Crippen LogP contribution in [0.1, 0.15) is 5.56 Å². The van der Waals surface area contributed by atoms with Crippen LogP contribution in [0.5, 0.6) is 0 Å². The van der Waals surface area contributed by atoms with Crippen LogP contribution in [0.15, 0.2) is 24.3 Å². The Balaban J connectivity index is 2.76. The van der Waals surface area contributed by atoms with E-state index < -0.39 is 14.8 Å². The first-order chi connectivity index (χ1) is 6.26. The predicted octanol–water partition coefficient (Wildman–Crippen LogP) is 1.34. The molecule has 0 unspecified atom stereocenters. The summed E-state index contributed by atoms with van der Waals surface area (Å²) >= 11 is -0.423. The summed E-state index contributed by atoms with van der Waals surface area (Å²) < 4.78 is -0.0199. The van der Waals surface area contributed by atoms with Crippen molar-refractivity contribution in [3.05, 3.63) is 29.8 Å². The zero-order chi connectivity index (χ0) is 9.68. The SMILES string of the molecule is C#Cc1ccc(N[C](=O)[Al]=[CH2])cc1. The summed E-state index contributed by atoms with van der Waals surface area (Å²) in [6, 6.07) is 7.13. The van der Waals surface area contributed by atoms with E-state index in [2.05, 4.69) is 16.6 Å². The summed E-state index contributed by atoms with van der Waals surface area (Å²) in [5.74, 6) is 2.50. The molecule has 0 spiro atoms. The molecule has 0 saturated heterocycles. The van der Waals surface area contributed by atoms with Crippen molar-refractivity contribution in [3.63, 3.8) is 0 Å². The Bertz CT molecular complexity index is 362. The zero-order valence-electron chi connectivity index (χ0n) is 7.08. The fraction of sp³-hybridized carbons (Fsp3) is 0. The van der Waals surface area contributed by atoms with Gasteiger partial charge >= 0.3 is 82.9 Å². The van der Waals surface area contributed by atoms with Crippen LogP contribution in [0.25, 0.3) is 0 Å². The molecule has 0 atom stereocenters. The summed E-state index contributed by atoms with van der Waals surface area (Å²) in [6.45, 7) is 0. The molecular weight excluding hydrogens is 177 g/mol. The first-order valence-corrected chi connectivity index (χ1v) is 5.15. The second-order valence-electron chi connectivity index (χ2n) is 2.42. The molecule has 62 valence electrons. The van der Waals surface area contributed by atoms with E-state index in [0.29, 0.717) is 0 Å². The quantitative estimate of drug-likeness (QED) is 0.546. The number of anilines is 1. The number of benzene rings is 1. The molecule has 0 aromatic heterocycles. The molecule has 13 heavy (non-hydrogen) atoms. The summed E-state index contributed by atoms with van der Waals surface area (Å²) in [4.78, 5) is 11.0. The molecular formula is C10H8AlNO. The average Bonchev–Trinajstić information content (AvgIpc) is 2.19. The third-order valence-corrected chi connectivity index (χ3v) is 2.02. The van der Waals surface area contributed by atoms with Gasteiger partial charge in [0.25, 0.3) is 0 Å². The van der Waals surface area contributed by atoms with E-state index in [0.717, 1.165) is 11.3 Å². The standard InChI is InChI=1S/C9H6NO.CH2.Al/c1-2-8-3-5-9(6-4-8)10-7-11;;/h1,3-6H,(H,10,11);1H2;. The summed E-state index contributed by atoms with van der Waals surface area (Å²) in [7, 11) is 0. The first-order valence-electron chi connectivity index (χ1n) is 3.76. The summed E-state index contributed by atoms with van der Waals surface area (Å²) in [5, 5.41) is 6.26. The van der Waals surface area contributed by atoms with E-state index in [1.807, 2.05) is 0 Å². The molecule has 0 aliphatic carbocycles. The van der Waals surface area contributed by atoms with Crippen LogP contribution in [-0.2, 0) is 0 Å². The predicted molar refractivity (Wildman–Crippen MR) is 56.3 cm³/mol. The molecule has 1 N–H and O–H groups in total. The molecule has 0 aliphatic heterocycles. The van der Waals surface area contributed by atoms with E-state index in [9.17, 15) is 4.79 Å². The fourth-order valence-corrected chi connectivity index (χ4v) is 1.11. The zero-order valence-corrected chi connectivity index (χ0v) is 8.23. The maximum absolute atomic E-state index is 11.0. The molecule has 0 fully saturated rings. The van der Waals surface area contributed by atoms with Gasteiger partial charge in [-0.05, 0) is 0 Å². The number of nitrogens with one attached hydrogen (secondary N) is 1. The number of carbonyl (C=O) groups is 1. The van der Waals surface area contributed by atoms with Crippen LogP contribution in [0.4, 0.5) is 10.5 Å². The number of rotatable bonds is 2. The van der Waals surface area contributed by atoms with Crippen molar-refractivity contribution in [1.29, 1.82) is 0 Å². The topological polar surface area (TPSA) is 29.1 Å². The van der Waals surface area contributed by atoms with E-state index in [-0.39, 0.29) is 4.77 Å². The van der Waals surface area contributed by atoms with Crippen molar-refractivity contribution in [2.45, 2.75) is 0 Å². The Morgan fingerprint density at radius 2 is 2.08 bits per heavy atom. The second kappa shape index (κ2) is 4.62. The number of carbonyl (C=O) groups excluding carboxylic acids is 1. The molecule has 0 aliphatic rings. The number of amides is 1. The minimum absolute atomic E-state index is 0.0199. The molecule has 1 aromatic rings. The van der Waals surface area contributed by atoms with Gasteiger partial charge in [-0.15, -0.1) is 0 Å². The van der Waals surface area contributed by atoms with Crippen LogP contribution in [0, 0.1) is 12.3 Å². The molecule has 1 amide bonds. The first kappa shape index (κ1) is 9.74. The molecule has 3 heteroatoms. The Labute approximate surface area is 83.2 Å². The molecule has 1 aromatic carbocycles. The van der Waals surface area contributed by atoms with Crippen LogP contribution < -0.4 is 5.32 Å². The van der Waals surface area contributed by atoms with Gasteiger partial charge in [-0.2, -0.15) is 0 Å². The number of terminal acetylenes is 1. The number of hydrogen-bond acceptors (Lipinski definition) is 1. The minimum atomic E-state index is -0.423. The van der Waals surface area contributed by atoms with Crippen molar-refractivity contribution in [3.8, 4) is 12.3 Å². The molecule has 1 rings (SSSR count). The Kier molecular flexibility index (Phi) is 3.46. The van der Waals surface area contributed by atoms with Gasteiger partial charge in [0.2, 0.25) is 0 Å². The van der Waals surface area contributed by atoms with Crippen molar-refractivity contribution < 1.29 is 4.79 Å². The Morgan fingerprint density at radius 3 is 2.54 bits per heavy atom. The third kappa shape index (κ3) is 2.88. The van der Waals surface area contributed by atoms with Crippen LogP contribution in [-0.4, -0.2) is 24.9 Å². The number of hydrogen-bond donors (Lipinski definition) is 1. The van der Waals surface area contributed by atoms with Gasteiger partial charge in [-0.1, -0.05) is 0 Å². The van der Waals surface area contributed by atoms with E-state index in [1.165, 1.54) is 0 Å². The van der Waals surface area contributed by atoms with Crippen molar-refractivity contribution in [1.82, 2.24) is 0 Å². The average molecular weight is 185 g/mol. The maximum atomic E-state index is 11.0. The summed E-state index contributed by atoms with van der Waals surface area (Å²) in [5.41, 5.74) is 1.57. The van der Waals surface area contributed by atoms with Crippen molar-refractivity contribution in [2.75, 3.05) is 5.32 Å². The van der Waals surface area contributed by atoms with Gasteiger partial charge in [0.15, 0.2) is 0 Å². The van der Waals surface area contributed by atoms with Gasteiger partial charge < -0.3 is 0 Å². The Morgan fingerprint density at radius 1 is 1.46 bits per heavy atom. The van der Waals surface area contributed by atoms with Crippen LogP contribution in [0.3, 0.4) is 0 Å². The normalized spacial score (nSPS) is 8.23. The van der Waals surface area contributed by atoms with Crippen LogP contribution in [0.2, 0.25) is 0 Å². The van der Waals surface area contributed by atoms with Crippen molar-refractivity contribution >= 4 is 30.6 Å². The van der Waals surface area contributed by atoms with E-state index in [1.54, 1.807) is 24.3 Å².